The van der Waals surface area contributed by atoms with Gasteiger partial charge in [-0.3, -0.25) is 4.79 Å². The lowest BCUT2D eigenvalue weighted by molar-refractivity contribution is -0.113. The molecule has 0 aliphatic heterocycles. The minimum Gasteiger partial charge on any atom is -0.494 e. The molecule has 0 unspecified atom stereocenters. The van der Waals surface area contributed by atoms with E-state index < -0.39 is 0 Å². The van der Waals surface area contributed by atoms with Gasteiger partial charge in [-0.15, -0.1) is 10.2 Å². The minimum atomic E-state index is -0.153. The van der Waals surface area contributed by atoms with Crippen molar-refractivity contribution in [1.29, 1.82) is 0 Å². The van der Waals surface area contributed by atoms with E-state index in [1.54, 1.807) is 0 Å². The van der Waals surface area contributed by atoms with Crippen LogP contribution in [0.5, 0.6) is 5.75 Å². The first-order chi connectivity index (χ1) is 12.2. The second-order valence-corrected chi connectivity index (χ2v) is 7.56. The van der Waals surface area contributed by atoms with E-state index in [1.807, 2.05) is 25.1 Å². The van der Waals surface area contributed by atoms with E-state index in [-0.39, 0.29) is 11.7 Å². The Morgan fingerprint density at radius 3 is 3.12 bits per heavy atom. The number of benzene rings is 1. The summed E-state index contributed by atoms with van der Waals surface area (Å²) in [6.07, 6.45) is 2.21. The van der Waals surface area contributed by atoms with Crippen LogP contribution >= 0.6 is 23.1 Å². The van der Waals surface area contributed by atoms with E-state index in [2.05, 4.69) is 20.5 Å². The molecule has 1 aliphatic carbocycles. The number of hydrogen-bond acceptors (Lipinski definition) is 8. The molecule has 9 heteroatoms. The highest BCUT2D eigenvalue weighted by Crippen LogP contribution is 2.39. The Morgan fingerprint density at radius 2 is 2.32 bits per heavy atom. The molecule has 1 aromatic carbocycles. The molecule has 2 aromatic heterocycles. The number of nitrogens with zero attached hydrogens (tertiary/aromatic N) is 3. The largest absolute Gasteiger partial charge is 0.494 e. The average molecular weight is 376 g/mol. The number of fused-ring (bicyclic) bond motifs is 1. The van der Waals surface area contributed by atoms with E-state index in [9.17, 15) is 4.79 Å². The van der Waals surface area contributed by atoms with E-state index in [0.29, 0.717) is 28.8 Å². The van der Waals surface area contributed by atoms with Crippen LogP contribution in [0.2, 0.25) is 0 Å². The number of rotatable bonds is 7. The van der Waals surface area contributed by atoms with Gasteiger partial charge in [0.25, 0.3) is 5.22 Å². The van der Waals surface area contributed by atoms with E-state index >= 15 is 0 Å². The Kier molecular flexibility index (Phi) is 4.58. The highest BCUT2D eigenvalue weighted by Gasteiger charge is 2.29. The lowest BCUT2D eigenvalue weighted by Crippen LogP contribution is -2.13. The SMILES string of the molecule is CCOc1ccc2nc(NC(=O)CSc3nnc(C4CC4)o3)sc2c1. The van der Waals surface area contributed by atoms with Crippen molar-refractivity contribution in [2.45, 2.75) is 30.9 Å². The molecule has 1 aliphatic rings. The van der Waals surface area contributed by atoms with Gasteiger partial charge in [-0.25, -0.2) is 4.98 Å². The van der Waals surface area contributed by atoms with Crippen molar-refractivity contribution >= 4 is 44.4 Å². The summed E-state index contributed by atoms with van der Waals surface area (Å²) in [5.41, 5.74) is 0.836. The number of thioether (sulfide) groups is 1. The molecule has 4 rings (SSSR count). The number of anilines is 1. The van der Waals surface area contributed by atoms with E-state index in [1.165, 1.54) is 23.1 Å². The molecule has 3 aromatic rings. The first-order valence-corrected chi connectivity index (χ1v) is 9.81. The molecule has 2 heterocycles. The monoisotopic (exact) mass is 376 g/mol. The van der Waals surface area contributed by atoms with Crippen LogP contribution < -0.4 is 10.1 Å². The van der Waals surface area contributed by atoms with Gasteiger partial charge < -0.3 is 14.5 Å². The number of nitrogens with one attached hydrogen (secondary N) is 1. The molecule has 130 valence electrons. The van der Waals surface area contributed by atoms with E-state index in [4.69, 9.17) is 9.15 Å². The molecule has 1 amide bonds. The van der Waals surface area contributed by atoms with Crippen molar-refractivity contribution in [1.82, 2.24) is 15.2 Å². The maximum Gasteiger partial charge on any atom is 0.277 e. The summed E-state index contributed by atoms with van der Waals surface area (Å²) in [6, 6.07) is 5.69. The van der Waals surface area contributed by atoms with Crippen molar-refractivity contribution in [3.63, 3.8) is 0 Å². The summed E-state index contributed by atoms with van der Waals surface area (Å²) in [5, 5.41) is 11.8. The van der Waals surface area contributed by atoms with Crippen LogP contribution in [0.1, 0.15) is 31.6 Å². The third-order valence-corrected chi connectivity index (χ3v) is 5.34. The van der Waals surface area contributed by atoms with Gasteiger partial charge in [-0.2, -0.15) is 0 Å². The fourth-order valence-corrected chi connectivity index (χ4v) is 3.75. The standard InChI is InChI=1S/C16H16N4O3S2/c1-2-22-10-5-6-11-12(7-10)25-15(17-11)18-13(21)8-24-16-20-19-14(23-16)9-3-4-9/h5-7,9H,2-4,8H2,1H3,(H,17,18,21). The predicted octanol–water partition coefficient (Wildman–Crippen LogP) is 3.69. The minimum absolute atomic E-state index is 0.153. The van der Waals surface area contributed by atoms with Crippen molar-refractivity contribution < 1.29 is 13.9 Å². The number of carbonyl (C=O) groups is 1. The Labute approximate surface area is 152 Å². The third kappa shape index (κ3) is 3.93. The van der Waals surface area contributed by atoms with Crippen molar-refractivity contribution in [2.75, 3.05) is 17.7 Å². The lowest BCUT2D eigenvalue weighted by atomic mass is 10.3. The third-order valence-electron chi connectivity index (χ3n) is 3.59. The van der Waals surface area contributed by atoms with Gasteiger partial charge in [0.05, 0.1) is 22.6 Å². The second kappa shape index (κ2) is 7.01. The number of ether oxygens (including phenoxy) is 1. The first kappa shape index (κ1) is 16.3. The summed E-state index contributed by atoms with van der Waals surface area (Å²) in [6.45, 7) is 2.56. The van der Waals surface area contributed by atoms with Gasteiger partial charge in [-0.1, -0.05) is 23.1 Å². The molecular weight excluding hydrogens is 360 g/mol. The summed E-state index contributed by atoms with van der Waals surface area (Å²) in [4.78, 5) is 16.5. The molecule has 0 bridgehead atoms. The van der Waals surface area contributed by atoms with Gasteiger partial charge >= 0.3 is 0 Å². The fraction of sp³-hybridized carbons (Fsp3) is 0.375. The Bertz CT molecular complexity index is 904. The van der Waals surface area contributed by atoms with Crippen molar-refractivity contribution in [3.05, 3.63) is 24.1 Å². The summed E-state index contributed by atoms with van der Waals surface area (Å²) in [5.74, 6) is 1.95. The smallest absolute Gasteiger partial charge is 0.277 e. The first-order valence-electron chi connectivity index (χ1n) is 8.00. The molecule has 7 nitrogen and oxygen atoms in total. The molecule has 0 atom stereocenters. The van der Waals surface area contributed by atoms with Gasteiger partial charge in [0, 0.05) is 5.92 Å². The molecule has 0 spiro atoms. The normalized spacial score (nSPS) is 14.0. The zero-order valence-electron chi connectivity index (χ0n) is 13.5. The summed E-state index contributed by atoms with van der Waals surface area (Å²) >= 11 is 2.65. The average Bonchev–Trinajstić information content (AvgIpc) is 3.20. The molecule has 0 radical (unpaired) electrons. The number of carbonyl (C=O) groups excluding carboxylic acids is 1. The molecule has 0 saturated heterocycles. The van der Waals surface area contributed by atoms with Crippen molar-refractivity contribution in [2.24, 2.45) is 0 Å². The quantitative estimate of drug-likeness (QED) is 0.629. The number of thiazole rings is 1. The Morgan fingerprint density at radius 1 is 1.44 bits per heavy atom. The zero-order chi connectivity index (χ0) is 17.2. The summed E-state index contributed by atoms with van der Waals surface area (Å²) < 4.78 is 12.0. The van der Waals surface area contributed by atoms with Gasteiger partial charge in [0.1, 0.15) is 5.75 Å². The van der Waals surface area contributed by atoms with E-state index in [0.717, 1.165) is 28.8 Å². The van der Waals surface area contributed by atoms with Crippen LogP contribution in [-0.4, -0.2) is 33.4 Å². The number of hydrogen-bond donors (Lipinski definition) is 1. The van der Waals surface area contributed by atoms with Crippen LogP contribution in [-0.2, 0) is 4.79 Å². The van der Waals surface area contributed by atoms with Gasteiger partial charge in [-0.05, 0) is 38.0 Å². The topological polar surface area (TPSA) is 90.1 Å². The Hall–Kier alpha value is -2.13. The fourth-order valence-electron chi connectivity index (χ4n) is 2.27. The zero-order valence-corrected chi connectivity index (χ0v) is 15.2. The van der Waals surface area contributed by atoms with Crippen LogP contribution in [0.25, 0.3) is 10.2 Å². The van der Waals surface area contributed by atoms with Crippen LogP contribution in [0.3, 0.4) is 0 Å². The van der Waals surface area contributed by atoms with Crippen LogP contribution in [0.4, 0.5) is 5.13 Å². The second-order valence-electron chi connectivity index (χ2n) is 5.60. The van der Waals surface area contributed by atoms with Gasteiger partial charge in [0.2, 0.25) is 11.8 Å². The maximum absolute atomic E-state index is 12.1. The number of aromatic nitrogens is 3. The lowest BCUT2D eigenvalue weighted by Gasteiger charge is -2.00. The van der Waals surface area contributed by atoms with Gasteiger partial charge in [0.15, 0.2) is 5.13 Å². The maximum atomic E-state index is 12.1. The molecule has 1 N–H and O–H groups in total. The molecule has 25 heavy (non-hydrogen) atoms. The number of amides is 1. The highest BCUT2D eigenvalue weighted by atomic mass is 32.2. The molecular formula is C16H16N4O3S2. The summed E-state index contributed by atoms with van der Waals surface area (Å²) in [7, 11) is 0. The molecule has 1 fully saturated rings. The Balaban J connectivity index is 1.35. The van der Waals surface area contributed by atoms with Crippen molar-refractivity contribution in [3.8, 4) is 5.75 Å². The molecule has 1 saturated carbocycles. The highest BCUT2D eigenvalue weighted by molar-refractivity contribution is 7.99. The van der Waals surface area contributed by atoms with Crippen LogP contribution in [0.15, 0.2) is 27.8 Å². The van der Waals surface area contributed by atoms with Crippen LogP contribution in [0, 0.1) is 0 Å². The predicted molar refractivity (Wildman–Crippen MR) is 96.4 cm³/mol.